The Balaban J connectivity index is 1.46. The first-order chi connectivity index (χ1) is 12.7. The topological polar surface area (TPSA) is 81.8 Å². The van der Waals surface area contributed by atoms with Gasteiger partial charge in [0.15, 0.2) is 5.65 Å². The number of carbonyl (C=O) groups excluding carboxylic acids is 1. The lowest BCUT2D eigenvalue weighted by Gasteiger charge is -2.55. The molecule has 0 aromatic carbocycles. The van der Waals surface area contributed by atoms with Gasteiger partial charge >= 0.3 is 0 Å². The smallest absolute Gasteiger partial charge is 0.273 e. The first kappa shape index (κ1) is 17.0. The van der Waals surface area contributed by atoms with Crippen molar-refractivity contribution >= 4 is 16.9 Å². The van der Waals surface area contributed by atoms with Crippen LogP contribution in [0.2, 0.25) is 0 Å². The van der Waals surface area contributed by atoms with E-state index < -0.39 is 0 Å². The van der Waals surface area contributed by atoms with Crippen molar-refractivity contribution in [1.29, 1.82) is 0 Å². The van der Waals surface area contributed by atoms with Gasteiger partial charge in [-0.3, -0.25) is 15.0 Å². The molecule has 4 saturated carbocycles. The predicted octanol–water partition coefficient (Wildman–Crippen LogP) is 2.63. The highest BCUT2D eigenvalue weighted by atomic mass is 16.2. The van der Waals surface area contributed by atoms with Crippen molar-refractivity contribution < 1.29 is 4.79 Å². The molecule has 4 aliphatic rings. The van der Waals surface area contributed by atoms with Crippen molar-refractivity contribution in [2.45, 2.75) is 64.8 Å². The molecular weight excluding hydrogens is 342 g/mol. The van der Waals surface area contributed by atoms with E-state index in [1.807, 2.05) is 20.8 Å². The first-order valence-corrected chi connectivity index (χ1v) is 10.0. The SMILES string of the molecule is CC(C)(C)n1ncc2c(=O)n(NC(=O)C34CC5CC(CC(C5)C3)C4)cnc21. The molecule has 2 aromatic rings. The number of nitrogens with one attached hydrogen (secondary N) is 1. The third-order valence-electron chi connectivity index (χ3n) is 6.87. The van der Waals surface area contributed by atoms with Crippen molar-refractivity contribution in [3.63, 3.8) is 0 Å². The van der Waals surface area contributed by atoms with E-state index in [1.54, 1.807) is 10.9 Å². The molecule has 4 aliphatic carbocycles. The fraction of sp³-hybridized carbons (Fsp3) is 0.700. The number of hydrogen-bond donors (Lipinski definition) is 1. The Bertz CT molecular complexity index is 945. The number of aromatic nitrogens is 4. The van der Waals surface area contributed by atoms with Gasteiger partial charge < -0.3 is 0 Å². The van der Waals surface area contributed by atoms with E-state index in [2.05, 4.69) is 15.5 Å². The highest BCUT2D eigenvalue weighted by Crippen LogP contribution is 2.60. The number of hydrogen-bond acceptors (Lipinski definition) is 4. The molecule has 7 heteroatoms. The molecule has 7 nitrogen and oxygen atoms in total. The molecule has 144 valence electrons. The molecule has 0 aliphatic heterocycles. The summed E-state index contributed by atoms with van der Waals surface area (Å²) in [6, 6.07) is 0. The molecule has 1 amide bonds. The Morgan fingerprint density at radius 3 is 2.30 bits per heavy atom. The number of nitrogens with zero attached hydrogens (tertiary/aromatic N) is 4. The van der Waals surface area contributed by atoms with E-state index in [9.17, 15) is 9.59 Å². The summed E-state index contributed by atoms with van der Waals surface area (Å²) in [6.45, 7) is 6.05. The molecule has 0 unspecified atom stereocenters. The minimum absolute atomic E-state index is 0.00642. The van der Waals surface area contributed by atoms with E-state index in [4.69, 9.17) is 0 Å². The maximum Gasteiger partial charge on any atom is 0.283 e. The second-order valence-corrected chi connectivity index (χ2v) is 10.0. The van der Waals surface area contributed by atoms with E-state index >= 15 is 0 Å². The molecule has 4 bridgehead atoms. The molecule has 4 fully saturated rings. The minimum atomic E-state index is -0.293. The van der Waals surface area contributed by atoms with Crippen LogP contribution in [0.3, 0.4) is 0 Å². The quantitative estimate of drug-likeness (QED) is 0.882. The first-order valence-electron chi connectivity index (χ1n) is 10.0. The van der Waals surface area contributed by atoms with Crippen LogP contribution in [0.1, 0.15) is 59.3 Å². The Morgan fingerprint density at radius 2 is 1.74 bits per heavy atom. The van der Waals surface area contributed by atoms with Gasteiger partial charge in [-0.15, -0.1) is 0 Å². The Labute approximate surface area is 158 Å². The summed E-state index contributed by atoms with van der Waals surface area (Å²) >= 11 is 0. The van der Waals surface area contributed by atoms with Gasteiger partial charge in [0.25, 0.3) is 5.56 Å². The van der Waals surface area contributed by atoms with Crippen LogP contribution < -0.4 is 11.0 Å². The van der Waals surface area contributed by atoms with Gasteiger partial charge in [-0.1, -0.05) is 0 Å². The molecule has 6 rings (SSSR count). The average molecular weight is 369 g/mol. The summed E-state index contributed by atoms with van der Waals surface area (Å²) in [5.41, 5.74) is 2.59. The van der Waals surface area contributed by atoms with Crippen LogP contribution in [0, 0.1) is 23.2 Å². The molecule has 0 spiro atoms. The summed E-state index contributed by atoms with van der Waals surface area (Å²) in [7, 11) is 0. The summed E-state index contributed by atoms with van der Waals surface area (Å²) in [6.07, 6.45) is 9.73. The van der Waals surface area contributed by atoms with Crippen LogP contribution >= 0.6 is 0 Å². The van der Waals surface area contributed by atoms with Crippen LogP contribution in [-0.4, -0.2) is 25.3 Å². The molecule has 0 atom stereocenters. The van der Waals surface area contributed by atoms with Crippen molar-refractivity contribution in [2.75, 3.05) is 5.43 Å². The predicted molar refractivity (Wildman–Crippen MR) is 102 cm³/mol. The van der Waals surface area contributed by atoms with E-state index in [-0.39, 0.29) is 22.4 Å². The molecule has 1 N–H and O–H groups in total. The summed E-state index contributed by atoms with van der Waals surface area (Å²) in [5.74, 6) is 2.05. The van der Waals surface area contributed by atoms with Gasteiger partial charge in [-0.2, -0.15) is 5.10 Å². The maximum atomic E-state index is 13.2. The highest BCUT2D eigenvalue weighted by Gasteiger charge is 2.54. The van der Waals surface area contributed by atoms with Gasteiger partial charge in [0, 0.05) is 0 Å². The average Bonchev–Trinajstić information content (AvgIpc) is 3.01. The molecule has 27 heavy (non-hydrogen) atoms. The monoisotopic (exact) mass is 369 g/mol. The van der Waals surface area contributed by atoms with Crippen LogP contribution in [0.25, 0.3) is 11.0 Å². The van der Waals surface area contributed by atoms with Crippen molar-refractivity contribution in [3.05, 3.63) is 22.9 Å². The number of fused-ring (bicyclic) bond motifs is 1. The van der Waals surface area contributed by atoms with Crippen molar-refractivity contribution in [3.8, 4) is 0 Å². The Morgan fingerprint density at radius 1 is 1.15 bits per heavy atom. The van der Waals surface area contributed by atoms with Gasteiger partial charge in [-0.25, -0.2) is 14.3 Å². The van der Waals surface area contributed by atoms with Crippen LogP contribution in [0.15, 0.2) is 17.3 Å². The van der Waals surface area contributed by atoms with Crippen LogP contribution in [0.4, 0.5) is 0 Å². The minimum Gasteiger partial charge on any atom is -0.273 e. The third-order valence-corrected chi connectivity index (χ3v) is 6.87. The second-order valence-electron chi connectivity index (χ2n) is 10.0. The van der Waals surface area contributed by atoms with Crippen LogP contribution in [-0.2, 0) is 10.3 Å². The fourth-order valence-electron chi connectivity index (χ4n) is 6.10. The normalized spacial score (nSPS) is 32.2. The van der Waals surface area contributed by atoms with E-state index in [1.165, 1.54) is 30.3 Å². The van der Waals surface area contributed by atoms with Crippen LogP contribution in [0.5, 0.6) is 0 Å². The number of rotatable bonds is 2. The van der Waals surface area contributed by atoms with Crippen molar-refractivity contribution in [2.24, 2.45) is 23.2 Å². The lowest BCUT2D eigenvalue weighted by molar-refractivity contribution is -0.141. The summed E-state index contributed by atoms with van der Waals surface area (Å²) < 4.78 is 2.99. The lowest BCUT2D eigenvalue weighted by atomic mass is 9.49. The highest BCUT2D eigenvalue weighted by molar-refractivity contribution is 5.90. The fourth-order valence-corrected chi connectivity index (χ4v) is 6.10. The standard InChI is InChI=1S/C20H27N5O2/c1-19(2,3)25-16-15(10-22-25)17(26)24(11-21-16)23-18(27)20-7-12-4-13(8-20)6-14(5-12)9-20/h10-14H,4-9H2,1-3H3,(H,23,27). The molecule has 2 heterocycles. The largest absolute Gasteiger partial charge is 0.283 e. The van der Waals surface area contributed by atoms with Crippen molar-refractivity contribution in [1.82, 2.24) is 19.4 Å². The summed E-state index contributed by atoms with van der Waals surface area (Å²) in [5, 5.41) is 4.76. The maximum absolute atomic E-state index is 13.2. The Hall–Kier alpha value is -2.18. The third kappa shape index (κ3) is 2.54. The van der Waals surface area contributed by atoms with Gasteiger partial charge in [0.2, 0.25) is 5.91 Å². The lowest BCUT2D eigenvalue weighted by Crippen LogP contribution is -2.53. The van der Waals surface area contributed by atoms with E-state index in [0.29, 0.717) is 28.8 Å². The van der Waals surface area contributed by atoms with E-state index in [0.717, 1.165) is 19.3 Å². The second kappa shape index (κ2) is 5.42. The molecular formula is C20H27N5O2. The molecule has 0 radical (unpaired) electrons. The zero-order valence-electron chi connectivity index (χ0n) is 16.2. The Kier molecular flexibility index (Phi) is 3.41. The summed E-state index contributed by atoms with van der Waals surface area (Å²) in [4.78, 5) is 30.5. The van der Waals surface area contributed by atoms with Gasteiger partial charge in [0.1, 0.15) is 11.7 Å². The van der Waals surface area contributed by atoms with Gasteiger partial charge in [0.05, 0.1) is 17.2 Å². The zero-order valence-corrected chi connectivity index (χ0v) is 16.2. The zero-order chi connectivity index (χ0) is 19.0. The number of carbonyl (C=O) groups is 1. The molecule has 2 aromatic heterocycles. The van der Waals surface area contributed by atoms with Gasteiger partial charge in [-0.05, 0) is 77.0 Å². The molecule has 0 saturated heterocycles. The number of amides is 1.